The van der Waals surface area contributed by atoms with E-state index in [0.717, 1.165) is 12.8 Å². The number of ketones is 1. The second-order valence-electron chi connectivity index (χ2n) is 5.30. The predicted molar refractivity (Wildman–Crippen MR) is 86.3 cm³/mol. The number of carboxylic acid groups (broad SMARTS) is 1. The Balaban J connectivity index is 2.29. The van der Waals surface area contributed by atoms with Gasteiger partial charge in [0.2, 0.25) is 0 Å². The molecule has 0 spiro atoms. The van der Waals surface area contributed by atoms with Crippen molar-refractivity contribution in [2.24, 2.45) is 0 Å². The van der Waals surface area contributed by atoms with Gasteiger partial charge >= 0.3 is 12.1 Å². The van der Waals surface area contributed by atoms with E-state index in [0.29, 0.717) is 17.4 Å². The molecule has 0 fully saturated rings. The molecule has 0 saturated carbocycles. The molecule has 2 rings (SSSR count). The summed E-state index contributed by atoms with van der Waals surface area (Å²) in [4.78, 5) is 34.3. The molecule has 1 aromatic carbocycles. The Morgan fingerprint density at radius 1 is 1.33 bits per heavy atom. The molecule has 1 heterocycles. The first-order chi connectivity index (χ1) is 11.4. The minimum atomic E-state index is -1.09. The number of aromatic nitrogens is 2. The maximum absolute atomic E-state index is 11.7. The monoisotopic (exact) mass is 333 g/mol. The number of hydrogen-bond acceptors (Lipinski definition) is 5. The highest BCUT2D eigenvalue weighted by Gasteiger charge is 2.17. The second kappa shape index (κ2) is 7.58. The van der Waals surface area contributed by atoms with Crippen LogP contribution in [0, 0.1) is 0 Å². The summed E-state index contributed by atoms with van der Waals surface area (Å²) in [7, 11) is 0. The Hall–Kier alpha value is -2.90. The molecular weight excluding hydrogens is 314 g/mol. The molecule has 1 amide bonds. The number of carbonyl (C=O) groups is 3. The molecule has 8 heteroatoms. The van der Waals surface area contributed by atoms with Crippen molar-refractivity contribution in [1.82, 2.24) is 15.1 Å². The van der Waals surface area contributed by atoms with Gasteiger partial charge in [-0.1, -0.05) is 13.3 Å². The van der Waals surface area contributed by atoms with Crippen molar-refractivity contribution >= 4 is 28.7 Å². The van der Waals surface area contributed by atoms with Crippen LogP contribution < -0.4 is 10.1 Å². The molecule has 0 unspecified atom stereocenters. The van der Waals surface area contributed by atoms with Crippen LogP contribution in [-0.4, -0.2) is 39.3 Å². The van der Waals surface area contributed by atoms with Gasteiger partial charge in [-0.15, -0.1) is 0 Å². The van der Waals surface area contributed by atoms with E-state index in [1.165, 1.54) is 17.7 Å². The first-order valence-corrected chi connectivity index (χ1v) is 7.61. The molecule has 0 radical (unpaired) electrons. The zero-order valence-corrected chi connectivity index (χ0v) is 13.5. The lowest BCUT2D eigenvalue weighted by molar-refractivity contribution is -0.137. The Morgan fingerprint density at radius 3 is 2.71 bits per heavy atom. The molecule has 8 nitrogen and oxygen atoms in total. The minimum absolute atomic E-state index is 0.185. The Bertz CT molecular complexity index is 781. The van der Waals surface area contributed by atoms with E-state index in [2.05, 4.69) is 10.4 Å². The normalized spacial score (nSPS) is 10.6. The Labute approximate surface area is 138 Å². The summed E-state index contributed by atoms with van der Waals surface area (Å²) in [6.07, 6.45) is 1.22. The SMILES string of the molecule is CCCCNC(=O)Oc1ccc2c(C(C)=O)nn(CC(=O)O)c2c1. The van der Waals surface area contributed by atoms with Crippen LogP contribution in [0.15, 0.2) is 18.2 Å². The topological polar surface area (TPSA) is 111 Å². The fourth-order valence-electron chi connectivity index (χ4n) is 2.24. The number of fused-ring (bicyclic) bond motifs is 1. The van der Waals surface area contributed by atoms with Gasteiger partial charge in [0.05, 0.1) is 5.52 Å². The average Bonchev–Trinajstić information content (AvgIpc) is 2.85. The summed E-state index contributed by atoms with van der Waals surface area (Å²) >= 11 is 0. The first-order valence-electron chi connectivity index (χ1n) is 7.61. The van der Waals surface area contributed by atoms with Crippen molar-refractivity contribution in [2.75, 3.05) is 6.54 Å². The average molecular weight is 333 g/mol. The minimum Gasteiger partial charge on any atom is -0.480 e. The van der Waals surface area contributed by atoms with E-state index in [-0.39, 0.29) is 17.2 Å². The largest absolute Gasteiger partial charge is 0.480 e. The number of carbonyl (C=O) groups excluding carboxylic acids is 2. The lowest BCUT2D eigenvalue weighted by Gasteiger charge is -2.07. The van der Waals surface area contributed by atoms with Crippen LogP contribution in [0.3, 0.4) is 0 Å². The molecule has 2 aromatic rings. The van der Waals surface area contributed by atoms with Crippen molar-refractivity contribution in [1.29, 1.82) is 0 Å². The summed E-state index contributed by atoms with van der Waals surface area (Å²) in [5, 5.41) is 16.1. The summed E-state index contributed by atoms with van der Waals surface area (Å²) in [5.41, 5.74) is 0.603. The fraction of sp³-hybridized carbons (Fsp3) is 0.375. The third-order valence-electron chi connectivity index (χ3n) is 3.35. The third-order valence-corrected chi connectivity index (χ3v) is 3.35. The van der Waals surface area contributed by atoms with Crippen molar-refractivity contribution in [3.63, 3.8) is 0 Å². The van der Waals surface area contributed by atoms with E-state index in [1.54, 1.807) is 12.1 Å². The van der Waals surface area contributed by atoms with Crippen LogP contribution in [0.4, 0.5) is 4.79 Å². The van der Waals surface area contributed by atoms with Gasteiger partial charge in [-0.05, 0) is 18.6 Å². The highest BCUT2D eigenvalue weighted by atomic mass is 16.6. The van der Waals surface area contributed by atoms with Crippen LogP contribution in [0.25, 0.3) is 10.9 Å². The quantitative estimate of drug-likeness (QED) is 0.594. The van der Waals surface area contributed by atoms with Gasteiger partial charge in [-0.2, -0.15) is 5.10 Å². The van der Waals surface area contributed by atoms with Gasteiger partial charge in [0.25, 0.3) is 0 Å². The molecule has 0 aliphatic carbocycles. The summed E-state index contributed by atoms with van der Waals surface area (Å²) in [6.45, 7) is 3.49. The molecule has 128 valence electrons. The smallest absolute Gasteiger partial charge is 0.412 e. The van der Waals surface area contributed by atoms with Crippen LogP contribution in [0.5, 0.6) is 5.75 Å². The first kappa shape index (κ1) is 17.5. The van der Waals surface area contributed by atoms with Crippen molar-refractivity contribution in [3.8, 4) is 5.75 Å². The van der Waals surface area contributed by atoms with E-state index >= 15 is 0 Å². The number of ether oxygens (including phenoxy) is 1. The summed E-state index contributed by atoms with van der Waals surface area (Å²) in [6, 6.07) is 4.63. The molecule has 1 aromatic heterocycles. The number of Topliss-reactive ketones (excluding diaryl/α,β-unsaturated/α-hetero) is 1. The standard InChI is InChI=1S/C16H19N3O5/c1-3-4-7-17-16(23)24-11-5-6-12-13(8-11)19(9-14(21)22)18-15(12)10(2)20/h5-6,8H,3-4,7,9H2,1-2H3,(H,17,23)(H,21,22). The summed E-state index contributed by atoms with van der Waals surface area (Å²) < 4.78 is 6.38. The predicted octanol–water partition coefficient (Wildman–Crippen LogP) is 2.21. The number of carboxylic acids is 1. The van der Waals surface area contributed by atoms with Crippen LogP contribution in [0.2, 0.25) is 0 Å². The molecule has 0 atom stereocenters. The number of amides is 1. The second-order valence-corrected chi connectivity index (χ2v) is 5.30. The van der Waals surface area contributed by atoms with Gasteiger partial charge < -0.3 is 15.2 Å². The number of aliphatic carboxylic acids is 1. The Kier molecular flexibility index (Phi) is 5.51. The van der Waals surface area contributed by atoms with E-state index < -0.39 is 18.6 Å². The van der Waals surface area contributed by atoms with Crippen molar-refractivity contribution < 1.29 is 24.2 Å². The van der Waals surface area contributed by atoms with E-state index in [1.807, 2.05) is 6.92 Å². The van der Waals surface area contributed by atoms with Gasteiger partial charge in [0, 0.05) is 24.9 Å². The van der Waals surface area contributed by atoms with Gasteiger partial charge in [0.1, 0.15) is 18.0 Å². The zero-order valence-electron chi connectivity index (χ0n) is 13.5. The number of rotatable bonds is 7. The molecule has 0 bridgehead atoms. The lowest BCUT2D eigenvalue weighted by atomic mass is 10.1. The zero-order chi connectivity index (χ0) is 17.7. The number of nitrogens with one attached hydrogen (secondary N) is 1. The lowest BCUT2D eigenvalue weighted by Crippen LogP contribution is -2.27. The molecule has 0 aliphatic rings. The van der Waals surface area contributed by atoms with Crippen molar-refractivity contribution in [2.45, 2.75) is 33.2 Å². The highest BCUT2D eigenvalue weighted by Crippen LogP contribution is 2.24. The van der Waals surface area contributed by atoms with Crippen LogP contribution in [0.1, 0.15) is 37.2 Å². The number of hydrogen-bond donors (Lipinski definition) is 2. The Morgan fingerprint density at radius 2 is 2.08 bits per heavy atom. The summed E-state index contributed by atoms with van der Waals surface area (Å²) in [5.74, 6) is -1.11. The number of unbranched alkanes of at least 4 members (excludes halogenated alkanes) is 1. The van der Waals surface area contributed by atoms with Gasteiger partial charge in [-0.25, -0.2) is 4.79 Å². The third kappa shape index (κ3) is 4.09. The maximum Gasteiger partial charge on any atom is 0.412 e. The molecule has 0 aliphatic heterocycles. The highest BCUT2D eigenvalue weighted by molar-refractivity contribution is 6.05. The molecule has 0 saturated heterocycles. The van der Waals surface area contributed by atoms with Crippen molar-refractivity contribution in [3.05, 3.63) is 23.9 Å². The van der Waals surface area contributed by atoms with E-state index in [9.17, 15) is 14.4 Å². The van der Waals surface area contributed by atoms with Gasteiger partial charge in [-0.3, -0.25) is 14.3 Å². The van der Waals surface area contributed by atoms with Crippen LogP contribution >= 0.6 is 0 Å². The molecular formula is C16H19N3O5. The fourth-order valence-corrected chi connectivity index (χ4v) is 2.24. The van der Waals surface area contributed by atoms with Gasteiger partial charge in [0.15, 0.2) is 5.78 Å². The maximum atomic E-state index is 11.7. The van der Waals surface area contributed by atoms with Crippen LogP contribution in [-0.2, 0) is 11.3 Å². The molecule has 24 heavy (non-hydrogen) atoms. The molecule has 2 N–H and O–H groups in total. The van der Waals surface area contributed by atoms with E-state index in [4.69, 9.17) is 9.84 Å². The number of nitrogens with zero attached hydrogens (tertiary/aromatic N) is 2. The number of benzene rings is 1.